The molecule has 0 bridgehead atoms. The predicted octanol–water partition coefficient (Wildman–Crippen LogP) is 4.20. The summed E-state index contributed by atoms with van der Waals surface area (Å²) in [6, 6.07) is 12.5. The van der Waals surface area contributed by atoms with Gasteiger partial charge in [-0.15, -0.1) is 0 Å². The highest BCUT2D eigenvalue weighted by atomic mass is 16.4. The first-order valence-corrected chi connectivity index (χ1v) is 10.4. The van der Waals surface area contributed by atoms with E-state index in [2.05, 4.69) is 41.4 Å². The van der Waals surface area contributed by atoms with Gasteiger partial charge in [0.15, 0.2) is 0 Å². The predicted molar refractivity (Wildman–Crippen MR) is 118 cm³/mol. The Balaban J connectivity index is 1.47. The third-order valence-electron chi connectivity index (χ3n) is 5.75. The van der Waals surface area contributed by atoms with Crippen molar-refractivity contribution >= 4 is 17.6 Å². The van der Waals surface area contributed by atoms with Crippen molar-refractivity contribution in [1.29, 1.82) is 0 Å². The van der Waals surface area contributed by atoms with Crippen LogP contribution in [0, 0.1) is 5.92 Å². The zero-order valence-corrected chi connectivity index (χ0v) is 17.1. The van der Waals surface area contributed by atoms with Gasteiger partial charge >= 0.3 is 5.97 Å². The highest BCUT2D eigenvalue weighted by molar-refractivity contribution is 6.01. The number of carbonyl (C=O) groups excluding carboxylic acids is 1. The fourth-order valence-electron chi connectivity index (χ4n) is 4.03. The number of fused-ring (bicyclic) bond motifs is 1. The van der Waals surface area contributed by atoms with E-state index in [1.165, 1.54) is 11.1 Å². The number of para-hydroxylation sites is 1. The molecule has 1 aliphatic heterocycles. The van der Waals surface area contributed by atoms with Gasteiger partial charge in [-0.3, -0.25) is 4.79 Å². The number of rotatable bonds is 6. The number of hydrogen-bond donors (Lipinski definition) is 2. The minimum atomic E-state index is -0.956. The van der Waals surface area contributed by atoms with Gasteiger partial charge < -0.3 is 15.3 Å². The molecule has 2 N–H and O–H groups in total. The van der Waals surface area contributed by atoms with Crippen LogP contribution >= 0.6 is 0 Å². The Hall–Kier alpha value is -3.34. The van der Waals surface area contributed by atoms with Gasteiger partial charge in [-0.25, -0.2) is 4.79 Å². The van der Waals surface area contributed by atoms with E-state index in [1.807, 2.05) is 12.1 Å². The van der Waals surface area contributed by atoms with Crippen LogP contribution in [-0.2, 0) is 13.0 Å². The Kier molecular flexibility index (Phi) is 5.70. The lowest BCUT2D eigenvalue weighted by atomic mass is 9.98. The normalized spacial score (nSPS) is 17.4. The van der Waals surface area contributed by atoms with E-state index >= 15 is 0 Å². The van der Waals surface area contributed by atoms with E-state index < -0.39 is 5.97 Å². The van der Waals surface area contributed by atoms with Gasteiger partial charge in [-0.2, -0.15) is 0 Å². The molecular weight excluding hydrogens is 376 g/mol. The third kappa shape index (κ3) is 4.30. The quantitative estimate of drug-likeness (QED) is 0.760. The van der Waals surface area contributed by atoms with Crippen molar-refractivity contribution in [2.24, 2.45) is 5.92 Å². The maximum atomic E-state index is 13.0. The van der Waals surface area contributed by atoms with Crippen LogP contribution in [0.2, 0.25) is 0 Å². The summed E-state index contributed by atoms with van der Waals surface area (Å²) in [6.45, 7) is 4.30. The van der Waals surface area contributed by atoms with E-state index in [0.717, 1.165) is 37.2 Å². The van der Waals surface area contributed by atoms with E-state index in [0.29, 0.717) is 18.0 Å². The van der Waals surface area contributed by atoms with Crippen LogP contribution in [0.15, 0.2) is 66.3 Å². The van der Waals surface area contributed by atoms with E-state index in [4.69, 9.17) is 5.11 Å². The lowest BCUT2D eigenvalue weighted by molar-refractivity contribution is 0.0696. The van der Waals surface area contributed by atoms with Crippen LogP contribution in [-0.4, -0.2) is 30.1 Å². The molecule has 1 atom stereocenters. The summed E-state index contributed by atoms with van der Waals surface area (Å²) in [5.74, 6) is -0.476. The molecule has 0 spiro atoms. The molecular formula is C25H26N2O3. The molecule has 2 aliphatic rings. The average Bonchev–Trinajstić information content (AvgIpc) is 3.17. The van der Waals surface area contributed by atoms with Crippen molar-refractivity contribution in [1.82, 2.24) is 5.32 Å². The summed E-state index contributed by atoms with van der Waals surface area (Å²) < 4.78 is 0. The Bertz CT molecular complexity index is 1020. The fourth-order valence-corrected chi connectivity index (χ4v) is 4.03. The summed E-state index contributed by atoms with van der Waals surface area (Å²) in [5, 5.41) is 12.0. The number of carboxylic acid groups (broad SMARTS) is 1. The second kappa shape index (κ2) is 8.57. The number of hydrogen-bond acceptors (Lipinski definition) is 3. The van der Waals surface area contributed by atoms with Crippen LogP contribution in [0.1, 0.15) is 45.2 Å². The van der Waals surface area contributed by atoms with Crippen molar-refractivity contribution in [3.63, 3.8) is 0 Å². The SMILES string of the molecule is CC1C=CC(CN2CCc3cccc(C(=O)NCc4ccc(C(=O)O)cc4)c32)=CC1. The topological polar surface area (TPSA) is 69.6 Å². The second-order valence-corrected chi connectivity index (χ2v) is 8.02. The molecule has 0 saturated heterocycles. The molecule has 154 valence electrons. The highest BCUT2D eigenvalue weighted by Gasteiger charge is 2.25. The van der Waals surface area contributed by atoms with Gasteiger partial charge in [0.1, 0.15) is 0 Å². The lowest BCUT2D eigenvalue weighted by Gasteiger charge is -2.24. The van der Waals surface area contributed by atoms with Gasteiger partial charge in [0.05, 0.1) is 16.8 Å². The molecule has 5 heteroatoms. The largest absolute Gasteiger partial charge is 0.478 e. The zero-order valence-electron chi connectivity index (χ0n) is 17.1. The number of benzene rings is 2. The number of aromatic carboxylic acids is 1. The first kappa shape index (κ1) is 20.0. The molecule has 0 saturated carbocycles. The number of nitrogens with zero attached hydrogens (tertiary/aromatic N) is 1. The summed E-state index contributed by atoms with van der Waals surface area (Å²) in [4.78, 5) is 26.3. The van der Waals surface area contributed by atoms with Crippen molar-refractivity contribution in [2.45, 2.75) is 26.3 Å². The molecule has 1 amide bonds. The van der Waals surface area contributed by atoms with Crippen LogP contribution in [0.4, 0.5) is 5.69 Å². The standard InChI is InChI=1S/C25H26N2O3/c1-17-5-7-19(8-6-17)16-27-14-13-20-3-2-4-22(23(20)27)24(28)26-15-18-9-11-21(12-10-18)25(29)30/h2-5,7-12,17H,6,13-16H2,1H3,(H,26,28)(H,29,30). The Morgan fingerprint density at radius 3 is 2.67 bits per heavy atom. The second-order valence-electron chi connectivity index (χ2n) is 8.02. The summed E-state index contributed by atoms with van der Waals surface area (Å²) >= 11 is 0. The van der Waals surface area contributed by atoms with Crippen LogP contribution in [0.25, 0.3) is 0 Å². The molecule has 2 aromatic carbocycles. The van der Waals surface area contributed by atoms with Gasteiger partial charge in [-0.1, -0.05) is 49.4 Å². The summed E-state index contributed by atoms with van der Waals surface area (Å²) in [6.07, 6.45) is 8.76. The molecule has 0 aromatic heterocycles. The lowest BCUT2D eigenvalue weighted by Crippen LogP contribution is -2.28. The molecule has 0 radical (unpaired) electrons. The Morgan fingerprint density at radius 1 is 1.17 bits per heavy atom. The van der Waals surface area contributed by atoms with Crippen molar-refractivity contribution in [3.05, 3.63) is 88.5 Å². The summed E-state index contributed by atoms with van der Waals surface area (Å²) in [5.41, 5.74) is 5.34. The van der Waals surface area contributed by atoms with Crippen LogP contribution in [0.3, 0.4) is 0 Å². The third-order valence-corrected chi connectivity index (χ3v) is 5.75. The molecule has 1 aliphatic carbocycles. The van der Waals surface area contributed by atoms with E-state index in [-0.39, 0.29) is 11.5 Å². The van der Waals surface area contributed by atoms with Gasteiger partial charge in [0.25, 0.3) is 5.91 Å². The van der Waals surface area contributed by atoms with E-state index in [9.17, 15) is 9.59 Å². The Morgan fingerprint density at radius 2 is 1.97 bits per heavy atom. The van der Waals surface area contributed by atoms with Crippen molar-refractivity contribution < 1.29 is 14.7 Å². The zero-order chi connectivity index (χ0) is 21.1. The maximum Gasteiger partial charge on any atom is 0.335 e. The number of amides is 1. The number of carbonyl (C=O) groups is 2. The van der Waals surface area contributed by atoms with E-state index in [1.54, 1.807) is 24.3 Å². The molecule has 1 heterocycles. The molecule has 30 heavy (non-hydrogen) atoms. The molecule has 0 fully saturated rings. The molecule has 4 rings (SSSR count). The minimum Gasteiger partial charge on any atom is -0.478 e. The smallest absolute Gasteiger partial charge is 0.335 e. The fraction of sp³-hybridized carbons (Fsp3) is 0.280. The van der Waals surface area contributed by atoms with Gasteiger partial charge in [0.2, 0.25) is 0 Å². The number of allylic oxidation sites excluding steroid dienone is 2. The van der Waals surface area contributed by atoms with Gasteiger partial charge in [-0.05, 0) is 53.7 Å². The maximum absolute atomic E-state index is 13.0. The first-order chi connectivity index (χ1) is 14.5. The number of nitrogens with one attached hydrogen (secondary N) is 1. The number of carboxylic acids is 1. The van der Waals surface area contributed by atoms with Crippen molar-refractivity contribution in [2.75, 3.05) is 18.0 Å². The Labute approximate surface area is 176 Å². The monoisotopic (exact) mass is 402 g/mol. The highest BCUT2D eigenvalue weighted by Crippen LogP contribution is 2.33. The minimum absolute atomic E-state index is 0.108. The van der Waals surface area contributed by atoms with Crippen LogP contribution in [0.5, 0.6) is 0 Å². The molecule has 1 unspecified atom stereocenters. The summed E-state index contributed by atoms with van der Waals surface area (Å²) in [7, 11) is 0. The average molecular weight is 402 g/mol. The molecule has 5 nitrogen and oxygen atoms in total. The van der Waals surface area contributed by atoms with Crippen molar-refractivity contribution in [3.8, 4) is 0 Å². The first-order valence-electron chi connectivity index (χ1n) is 10.4. The van der Waals surface area contributed by atoms with Crippen LogP contribution < -0.4 is 10.2 Å². The number of anilines is 1. The van der Waals surface area contributed by atoms with Gasteiger partial charge in [0, 0.05) is 19.6 Å². The molecule has 2 aromatic rings.